The number of rotatable bonds is 6. The Morgan fingerprint density at radius 2 is 1.81 bits per heavy atom. The number of carbonyl (C=O) groups excluding carboxylic acids is 2. The van der Waals surface area contributed by atoms with Crippen LogP contribution in [0.3, 0.4) is 0 Å². The Bertz CT molecular complexity index is 809. The quantitative estimate of drug-likeness (QED) is 0.568. The molecule has 0 unspecified atom stereocenters. The number of nitrogens with one attached hydrogen (secondary N) is 2. The minimum absolute atomic E-state index is 0.207. The third kappa shape index (κ3) is 5.93. The molecule has 0 heterocycles. The second-order valence-corrected chi connectivity index (χ2v) is 6.69. The maximum Gasteiger partial charge on any atom is 0.269 e. The van der Waals surface area contributed by atoms with Crippen LogP contribution in [0.15, 0.2) is 36.4 Å². The van der Waals surface area contributed by atoms with Gasteiger partial charge in [0, 0.05) is 17.0 Å². The number of carbonyl (C=O) groups is 2. The Morgan fingerprint density at radius 3 is 2.54 bits per heavy atom. The zero-order valence-electron chi connectivity index (χ0n) is 14.6. The summed E-state index contributed by atoms with van der Waals surface area (Å²) in [6.07, 6.45) is 0.683. The first-order valence-corrected chi connectivity index (χ1v) is 8.86. The van der Waals surface area contributed by atoms with Gasteiger partial charge in [-0.05, 0) is 50.1 Å². The number of ether oxygens (including phenoxy) is 1. The van der Waals surface area contributed by atoms with Gasteiger partial charge in [-0.1, -0.05) is 40.9 Å². The molecule has 0 aromatic heterocycles. The van der Waals surface area contributed by atoms with Crippen molar-refractivity contribution in [2.45, 2.75) is 26.7 Å². The molecule has 2 rings (SSSR count). The second-order valence-electron chi connectivity index (χ2n) is 5.85. The molecule has 0 radical (unpaired) electrons. The number of hydrazine groups is 1. The highest BCUT2D eigenvalue weighted by atomic mass is 35.5. The summed E-state index contributed by atoms with van der Waals surface area (Å²) < 4.78 is 5.51. The maximum absolute atomic E-state index is 12.1. The monoisotopic (exact) mass is 394 g/mol. The van der Waals surface area contributed by atoms with Crippen LogP contribution >= 0.6 is 23.2 Å². The van der Waals surface area contributed by atoms with E-state index in [0.29, 0.717) is 34.4 Å². The molecule has 0 aliphatic carbocycles. The van der Waals surface area contributed by atoms with Gasteiger partial charge < -0.3 is 4.74 Å². The smallest absolute Gasteiger partial charge is 0.269 e. The van der Waals surface area contributed by atoms with Gasteiger partial charge in [0.25, 0.3) is 5.91 Å². The molecule has 7 heteroatoms. The fraction of sp³-hybridized carbons (Fsp3) is 0.263. The molecule has 5 nitrogen and oxygen atoms in total. The molecule has 0 bridgehead atoms. The molecule has 2 aromatic rings. The van der Waals surface area contributed by atoms with Gasteiger partial charge in [0.05, 0.1) is 11.6 Å². The fourth-order valence-corrected chi connectivity index (χ4v) is 2.71. The zero-order valence-corrected chi connectivity index (χ0v) is 16.1. The topological polar surface area (TPSA) is 67.4 Å². The Hall–Kier alpha value is -2.24. The van der Waals surface area contributed by atoms with E-state index in [2.05, 4.69) is 10.9 Å². The standard InChI is InChI=1S/C19H20Cl2N2O3/c1-12-5-6-13(2)15(10-12)19(25)23-22-18(24)4-3-9-26-17-8-7-14(20)11-16(17)21/h5-8,10-11H,3-4,9H2,1-2H3,(H,22,24)(H,23,25). The van der Waals surface area contributed by atoms with E-state index in [9.17, 15) is 9.59 Å². The Kier molecular flexibility index (Phi) is 7.30. The molecule has 0 aliphatic heterocycles. The van der Waals surface area contributed by atoms with Crippen LogP contribution in [0.2, 0.25) is 10.0 Å². The van der Waals surface area contributed by atoms with Crippen LogP contribution in [-0.2, 0) is 4.79 Å². The van der Waals surface area contributed by atoms with E-state index in [1.165, 1.54) is 0 Å². The van der Waals surface area contributed by atoms with Crippen molar-refractivity contribution >= 4 is 35.0 Å². The summed E-state index contributed by atoms with van der Waals surface area (Å²) in [4.78, 5) is 24.0. The third-order valence-electron chi connectivity index (χ3n) is 3.65. The van der Waals surface area contributed by atoms with E-state index in [4.69, 9.17) is 27.9 Å². The third-order valence-corrected chi connectivity index (χ3v) is 4.18. The molecule has 2 aromatic carbocycles. The van der Waals surface area contributed by atoms with E-state index in [1.807, 2.05) is 26.0 Å². The van der Waals surface area contributed by atoms with E-state index < -0.39 is 0 Å². The highest BCUT2D eigenvalue weighted by Crippen LogP contribution is 2.27. The first-order chi connectivity index (χ1) is 12.4. The summed E-state index contributed by atoms with van der Waals surface area (Å²) in [5.41, 5.74) is 7.19. The average molecular weight is 395 g/mol. The Balaban J connectivity index is 1.72. The molecule has 0 saturated carbocycles. The van der Waals surface area contributed by atoms with Crippen LogP contribution in [0.4, 0.5) is 0 Å². The van der Waals surface area contributed by atoms with E-state index in [-0.39, 0.29) is 18.2 Å². The molecule has 2 N–H and O–H groups in total. The highest BCUT2D eigenvalue weighted by molar-refractivity contribution is 6.35. The number of halogens is 2. The molecule has 26 heavy (non-hydrogen) atoms. The van der Waals surface area contributed by atoms with Crippen LogP contribution in [0, 0.1) is 13.8 Å². The zero-order chi connectivity index (χ0) is 19.1. The molecule has 0 fully saturated rings. The molecule has 0 saturated heterocycles. The van der Waals surface area contributed by atoms with Crippen LogP contribution in [0.1, 0.15) is 34.3 Å². The molecule has 0 spiro atoms. The second kappa shape index (κ2) is 9.46. The lowest BCUT2D eigenvalue weighted by Gasteiger charge is -2.10. The summed E-state index contributed by atoms with van der Waals surface area (Å²) >= 11 is 11.8. The van der Waals surface area contributed by atoms with Gasteiger partial charge in [-0.2, -0.15) is 0 Å². The normalized spacial score (nSPS) is 10.3. The van der Waals surface area contributed by atoms with Crippen molar-refractivity contribution in [2.75, 3.05) is 6.61 Å². The van der Waals surface area contributed by atoms with Gasteiger partial charge in [-0.25, -0.2) is 0 Å². The van der Waals surface area contributed by atoms with E-state index in [1.54, 1.807) is 24.3 Å². The first kappa shape index (κ1) is 20.1. The lowest BCUT2D eigenvalue weighted by molar-refractivity contribution is -0.122. The molecule has 0 aliphatic rings. The van der Waals surface area contributed by atoms with Gasteiger partial charge in [0.2, 0.25) is 5.91 Å². The molecule has 138 valence electrons. The number of benzene rings is 2. The largest absolute Gasteiger partial charge is 0.492 e. The number of hydrogen-bond acceptors (Lipinski definition) is 3. The van der Waals surface area contributed by atoms with Crippen molar-refractivity contribution in [1.29, 1.82) is 0 Å². The van der Waals surface area contributed by atoms with Crippen LogP contribution in [0.25, 0.3) is 0 Å². The first-order valence-electron chi connectivity index (χ1n) is 8.11. The van der Waals surface area contributed by atoms with Crippen LogP contribution in [-0.4, -0.2) is 18.4 Å². The minimum Gasteiger partial charge on any atom is -0.492 e. The summed E-state index contributed by atoms with van der Waals surface area (Å²) in [7, 11) is 0. The molecule has 0 atom stereocenters. The van der Waals surface area contributed by atoms with E-state index >= 15 is 0 Å². The van der Waals surface area contributed by atoms with Gasteiger partial charge in [-0.15, -0.1) is 0 Å². The average Bonchev–Trinajstić information content (AvgIpc) is 2.60. The lowest BCUT2D eigenvalue weighted by atomic mass is 10.1. The number of amides is 2. The summed E-state index contributed by atoms with van der Waals surface area (Å²) in [5.74, 6) is -0.127. The molecular weight excluding hydrogens is 375 g/mol. The summed E-state index contributed by atoms with van der Waals surface area (Å²) in [5, 5.41) is 0.948. The number of aryl methyl sites for hydroxylation is 2. The van der Waals surface area contributed by atoms with Crippen molar-refractivity contribution < 1.29 is 14.3 Å². The summed E-state index contributed by atoms with van der Waals surface area (Å²) in [6.45, 7) is 4.07. The summed E-state index contributed by atoms with van der Waals surface area (Å²) in [6, 6.07) is 10.5. The predicted octanol–water partition coefficient (Wildman–Crippen LogP) is 4.23. The SMILES string of the molecule is Cc1ccc(C)c(C(=O)NNC(=O)CCCOc2ccc(Cl)cc2Cl)c1. The maximum atomic E-state index is 12.1. The molecular formula is C19H20Cl2N2O3. The van der Waals surface area contributed by atoms with Crippen molar-refractivity contribution in [1.82, 2.24) is 10.9 Å². The van der Waals surface area contributed by atoms with Crippen molar-refractivity contribution in [2.24, 2.45) is 0 Å². The van der Waals surface area contributed by atoms with Crippen molar-refractivity contribution in [3.8, 4) is 5.75 Å². The van der Waals surface area contributed by atoms with Gasteiger partial charge in [-0.3, -0.25) is 20.4 Å². The minimum atomic E-state index is -0.344. The van der Waals surface area contributed by atoms with Crippen molar-refractivity contribution in [3.63, 3.8) is 0 Å². The van der Waals surface area contributed by atoms with Crippen molar-refractivity contribution in [3.05, 3.63) is 63.1 Å². The predicted molar refractivity (Wildman–Crippen MR) is 103 cm³/mol. The Morgan fingerprint density at radius 1 is 1.04 bits per heavy atom. The fourth-order valence-electron chi connectivity index (χ4n) is 2.24. The van der Waals surface area contributed by atoms with E-state index in [0.717, 1.165) is 11.1 Å². The number of hydrogen-bond donors (Lipinski definition) is 2. The molecule has 2 amide bonds. The Labute approximate surface area is 162 Å². The lowest BCUT2D eigenvalue weighted by Crippen LogP contribution is -2.41. The highest BCUT2D eigenvalue weighted by Gasteiger charge is 2.10. The van der Waals surface area contributed by atoms with Gasteiger partial charge in [0.1, 0.15) is 5.75 Å². The van der Waals surface area contributed by atoms with Gasteiger partial charge in [0.15, 0.2) is 0 Å². The van der Waals surface area contributed by atoms with Gasteiger partial charge >= 0.3 is 0 Å². The van der Waals surface area contributed by atoms with Crippen LogP contribution < -0.4 is 15.6 Å². The van der Waals surface area contributed by atoms with Crippen LogP contribution in [0.5, 0.6) is 5.75 Å².